The molecule has 0 spiro atoms. The van der Waals surface area contributed by atoms with Crippen molar-refractivity contribution in [2.45, 2.75) is 51.0 Å². The van der Waals surface area contributed by atoms with Crippen molar-refractivity contribution in [3.8, 4) is 0 Å². The second-order valence-corrected chi connectivity index (χ2v) is 9.94. The molecule has 0 N–H and O–H groups in total. The van der Waals surface area contributed by atoms with E-state index in [1.54, 1.807) is 13.3 Å². The highest BCUT2D eigenvalue weighted by atomic mass is 32.2. The number of piperidine rings is 1. The maximum Gasteiger partial charge on any atom is 0.228 e. The van der Waals surface area contributed by atoms with E-state index in [-0.39, 0.29) is 22.9 Å². The maximum absolute atomic E-state index is 12.9. The summed E-state index contributed by atoms with van der Waals surface area (Å²) in [5.41, 5.74) is 2.00. The molecule has 3 rings (SSSR count). The molecule has 28 heavy (non-hydrogen) atoms. The number of likely N-dealkylation sites (tertiary alicyclic amines) is 1. The van der Waals surface area contributed by atoms with Gasteiger partial charge in [-0.25, -0.2) is 13.4 Å². The Hall–Kier alpha value is -1.70. The number of hydrogen-bond acceptors (Lipinski definition) is 5. The van der Waals surface area contributed by atoms with Gasteiger partial charge in [-0.1, -0.05) is 44.2 Å². The number of methoxy groups -OCH3 is 1. The molecule has 0 aliphatic carbocycles. The molecule has 1 aliphatic heterocycles. The van der Waals surface area contributed by atoms with Crippen molar-refractivity contribution in [1.82, 2.24) is 14.5 Å². The standard InChI is InChI=1S/C21H31N3O3S/c1-17(2)16-28(25,26)21-22-12-19(14-23-11-7-10-20(15-23)27-3)24(21)13-18-8-5-4-6-9-18/h4-6,8-9,12,17,20H,7,10-11,13-16H2,1-3H3. The maximum atomic E-state index is 12.9. The second kappa shape index (κ2) is 9.20. The quantitative estimate of drug-likeness (QED) is 0.676. The number of aromatic nitrogens is 2. The van der Waals surface area contributed by atoms with Crippen LogP contribution in [0.15, 0.2) is 41.7 Å². The molecule has 1 aromatic carbocycles. The Balaban J connectivity index is 1.91. The van der Waals surface area contributed by atoms with Crippen LogP contribution in [-0.2, 0) is 27.7 Å². The minimum atomic E-state index is -3.44. The molecule has 0 amide bonds. The van der Waals surface area contributed by atoms with Gasteiger partial charge < -0.3 is 9.30 Å². The molecule has 1 aliphatic rings. The smallest absolute Gasteiger partial charge is 0.228 e. The molecule has 7 heteroatoms. The number of ether oxygens (including phenoxy) is 1. The molecule has 1 unspecified atom stereocenters. The van der Waals surface area contributed by atoms with Crippen LogP contribution in [-0.4, -0.2) is 54.9 Å². The molecule has 2 aromatic rings. The Morgan fingerprint density at radius 2 is 1.96 bits per heavy atom. The monoisotopic (exact) mass is 405 g/mol. The molecule has 0 radical (unpaired) electrons. The molecule has 0 saturated carbocycles. The van der Waals surface area contributed by atoms with Gasteiger partial charge in [-0.3, -0.25) is 4.90 Å². The van der Waals surface area contributed by atoms with Gasteiger partial charge >= 0.3 is 0 Å². The van der Waals surface area contributed by atoms with Crippen LogP contribution >= 0.6 is 0 Å². The van der Waals surface area contributed by atoms with Crippen molar-refractivity contribution in [3.63, 3.8) is 0 Å². The van der Waals surface area contributed by atoms with Gasteiger partial charge in [-0.15, -0.1) is 0 Å². The molecule has 0 bridgehead atoms. The lowest BCUT2D eigenvalue weighted by Gasteiger charge is -2.32. The Labute approximate surface area is 168 Å². The molecule has 1 saturated heterocycles. The highest BCUT2D eigenvalue weighted by Gasteiger charge is 2.26. The summed E-state index contributed by atoms with van der Waals surface area (Å²) in [6.45, 7) is 6.87. The Morgan fingerprint density at radius 1 is 1.21 bits per heavy atom. The summed E-state index contributed by atoms with van der Waals surface area (Å²) in [5.74, 6) is 0.160. The third kappa shape index (κ3) is 5.21. The first-order valence-corrected chi connectivity index (χ1v) is 11.6. The number of rotatable bonds is 8. The topological polar surface area (TPSA) is 64.4 Å². The molecule has 6 nitrogen and oxygen atoms in total. The van der Waals surface area contributed by atoms with Crippen molar-refractivity contribution in [2.75, 3.05) is 26.0 Å². The average Bonchev–Trinajstić information content (AvgIpc) is 3.05. The van der Waals surface area contributed by atoms with Crippen LogP contribution in [0.1, 0.15) is 37.9 Å². The second-order valence-electron chi connectivity index (χ2n) is 8.01. The highest BCUT2D eigenvalue weighted by Crippen LogP contribution is 2.21. The van der Waals surface area contributed by atoms with E-state index in [9.17, 15) is 8.42 Å². The van der Waals surface area contributed by atoms with Gasteiger partial charge in [0, 0.05) is 20.2 Å². The fraction of sp³-hybridized carbons (Fsp3) is 0.571. The zero-order valence-electron chi connectivity index (χ0n) is 17.0. The molecule has 1 fully saturated rings. The summed E-state index contributed by atoms with van der Waals surface area (Å²) in [6.07, 6.45) is 4.13. The molecular weight excluding hydrogens is 374 g/mol. The van der Waals surface area contributed by atoms with Crippen LogP contribution in [0.4, 0.5) is 0 Å². The first-order chi connectivity index (χ1) is 13.4. The number of imidazole rings is 1. The zero-order valence-corrected chi connectivity index (χ0v) is 17.9. The summed E-state index contributed by atoms with van der Waals surface area (Å²) < 4.78 is 33.3. The molecule has 1 atom stereocenters. The van der Waals surface area contributed by atoms with E-state index in [4.69, 9.17) is 4.74 Å². The van der Waals surface area contributed by atoms with Crippen molar-refractivity contribution in [3.05, 3.63) is 47.8 Å². The largest absolute Gasteiger partial charge is 0.380 e. The lowest BCUT2D eigenvalue weighted by Crippen LogP contribution is -2.39. The van der Waals surface area contributed by atoms with E-state index in [0.717, 1.165) is 37.2 Å². The van der Waals surface area contributed by atoms with E-state index >= 15 is 0 Å². The minimum Gasteiger partial charge on any atom is -0.380 e. The Kier molecular flexibility index (Phi) is 6.91. The fourth-order valence-corrected chi connectivity index (χ4v) is 5.55. The van der Waals surface area contributed by atoms with Crippen molar-refractivity contribution < 1.29 is 13.2 Å². The predicted molar refractivity (Wildman–Crippen MR) is 110 cm³/mol. The van der Waals surface area contributed by atoms with E-state index in [2.05, 4.69) is 9.88 Å². The first-order valence-electron chi connectivity index (χ1n) is 9.95. The SMILES string of the molecule is COC1CCCN(Cc2cnc(S(=O)(=O)CC(C)C)n2Cc2ccccc2)C1. The third-order valence-electron chi connectivity index (χ3n) is 5.10. The lowest BCUT2D eigenvalue weighted by molar-refractivity contribution is 0.0277. The lowest BCUT2D eigenvalue weighted by atomic mass is 10.1. The van der Waals surface area contributed by atoms with Gasteiger partial charge in [0.15, 0.2) is 0 Å². The first kappa shape index (κ1) is 21.0. The minimum absolute atomic E-state index is 0.0554. The highest BCUT2D eigenvalue weighted by molar-refractivity contribution is 7.91. The van der Waals surface area contributed by atoms with E-state index in [1.165, 1.54) is 0 Å². The van der Waals surface area contributed by atoms with Gasteiger partial charge in [0.2, 0.25) is 15.0 Å². The van der Waals surface area contributed by atoms with Gasteiger partial charge in [0.05, 0.1) is 30.3 Å². The Morgan fingerprint density at radius 3 is 2.64 bits per heavy atom. The van der Waals surface area contributed by atoms with Crippen molar-refractivity contribution >= 4 is 9.84 Å². The normalized spacial score (nSPS) is 18.6. The fourth-order valence-electron chi connectivity index (χ4n) is 3.79. The zero-order chi connectivity index (χ0) is 20.1. The number of sulfone groups is 1. The number of benzene rings is 1. The van der Waals surface area contributed by atoms with Gasteiger partial charge in [-0.05, 0) is 30.9 Å². The van der Waals surface area contributed by atoms with Gasteiger partial charge in [-0.2, -0.15) is 0 Å². The summed E-state index contributed by atoms with van der Waals surface area (Å²) in [7, 11) is -1.68. The van der Waals surface area contributed by atoms with Crippen LogP contribution in [0.3, 0.4) is 0 Å². The van der Waals surface area contributed by atoms with Gasteiger partial charge in [0.1, 0.15) is 0 Å². The third-order valence-corrected chi connectivity index (χ3v) is 7.08. The van der Waals surface area contributed by atoms with E-state index < -0.39 is 9.84 Å². The molecular formula is C21H31N3O3S. The van der Waals surface area contributed by atoms with Crippen molar-refractivity contribution in [2.24, 2.45) is 5.92 Å². The summed E-state index contributed by atoms with van der Waals surface area (Å²) in [4.78, 5) is 6.69. The van der Waals surface area contributed by atoms with Crippen LogP contribution in [0.25, 0.3) is 0 Å². The van der Waals surface area contributed by atoms with Crippen LogP contribution < -0.4 is 0 Å². The molecule has 2 heterocycles. The van der Waals surface area contributed by atoms with E-state index in [1.807, 2.05) is 48.7 Å². The Bertz CT molecular complexity index is 862. The number of hydrogen-bond donors (Lipinski definition) is 0. The predicted octanol–water partition coefficient (Wildman–Crippen LogP) is 2.97. The van der Waals surface area contributed by atoms with Crippen molar-refractivity contribution in [1.29, 1.82) is 0 Å². The van der Waals surface area contributed by atoms with Gasteiger partial charge in [0.25, 0.3) is 0 Å². The molecule has 1 aromatic heterocycles. The summed E-state index contributed by atoms with van der Waals surface area (Å²) >= 11 is 0. The summed E-state index contributed by atoms with van der Waals surface area (Å²) in [6, 6.07) is 9.95. The number of nitrogens with zero attached hydrogens (tertiary/aromatic N) is 3. The van der Waals surface area contributed by atoms with Crippen LogP contribution in [0.2, 0.25) is 0 Å². The van der Waals surface area contributed by atoms with E-state index in [0.29, 0.717) is 13.1 Å². The van der Waals surface area contributed by atoms with Crippen LogP contribution in [0.5, 0.6) is 0 Å². The molecule has 154 valence electrons. The summed E-state index contributed by atoms with van der Waals surface area (Å²) in [5, 5.41) is 0.181. The average molecular weight is 406 g/mol. The van der Waals surface area contributed by atoms with Crippen LogP contribution in [0, 0.1) is 5.92 Å².